The number of hydrogen-bond acceptors (Lipinski definition) is 3. The zero-order valence-corrected chi connectivity index (χ0v) is 9.02. The lowest BCUT2D eigenvalue weighted by Gasteiger charge is -2.32. The normalized spacial score (nSPS) is 44.8. The van der Waals surface area contributed by atoms with Crippen LogP contribution in [0, 0.1) is 5.92 Å². The molecule has 2 aliphatic rings. The second kappa shape index (κ2) is 4.20. The third-order valence-corrected chi connectivity index (χ3v) is 4.46. The smallest absolute Gasteiger partial charge is 0.0546 e. The van der Waals surface area contributed by atoms with E-state index in [2.05, 4.69) is 24.0 Å². The van der Waals surface area contributed by atoms with Crippen molar-refractivity contribution in [2.24, 2.45) is 5.92 Å². The molecule has 3 heteroatoms. The highest BCUT2D eigenvalue weighted by atomic mass is 32.2. The summed E-state index contributed by atoms with van der Waals surface area (Å²) < 4.78 is 0. The Morgan fingerprint density at radius 3 is 2.69 bits per heavy atom. The minimum atomic E-state index is 0.00340. The van der Waals surface area contributed by atoms with Gasteiger partial charge in [-0.15, -0.1) is 0 Å². The first-order valence-corrected chi connectivity index (χ1v) is 6.32. The molecule has 0 bridgehead atoms. The third kappa shape index (κ3) is 2.61. The molecule has 76 valence electrons. The first-order chi connectivity index (χ1) is 6.24. The summed E-state index contributed by atoms with van der Waals surface area (Å²) >= 11 is 2.07. The topological polar surface area (TPSA) is 32.3 Å². The van der Waals surface area contributed by atoms with Crippen LogP contribution in [0.2, 0.25) is 0 Å². The average Bonchev–Trinajstić information content (AvgIpc) is 2.43. The quantitative estimate of drug-likeness (QED) is 0.720. The van der Waals surface area contributed by atoms with E-state index < -0.39 is 0 Å². The van der Waals surface area contributed by atoms with Crippen LogP contribution in [0.4, 0.5) is 0 Å². The van der Waals surface area contributed by atoms with Gasteiger partial charge in [-0.2, -0.15) is 11.8 Å². The first kappa shape index (κ1) is 9.81. The molecule has 1 heterocycles. The lowest BCUT2D eigenvalue weighted by Crippen LogP contribution is -2.40. The van der Waals surface area contributed by atoms with Crippen LogP contribution in [-0.2, 0) is 0 Å². The Hall–Kier alpha value is 0.270. The van der Waals surface area contributed by atoms with Gasteiger partial charge in [0.1, 0.15) is 0 Å². The maximum atomic E-state index is 9.12. The van der Waals surface area contributed by atoms with E-state index >= 15 is 0 Å². The van der Waals surface area contributed by atoms with E-state index in [-0.39, 0.29) is 6.10 Å². The minimum absolute atomic E-state index is 0.00340. The Bertz CT molecular complexity index is 170. The van der Waals surface area contributed by atoms with Crippen molar-refractivity contribution >= 4 is 11.8 Å². The summed E-state index contributed by atoms with van der Waals surface area (Å²) in [6.45, 7) is 3.43. The molecule has 0 aromatic rings. The SMILES string of the molecule is CC1CC(NCC2CC(O)C2)CS1. The molecule has 1 saturated carbocycles. The molecule has 2 rings (SSSR count). The molecule has 0 spiro atoms. The van der Waals surface area contributed by atoms with Gasteiger partial charge in [0.25, 0.3) is 0 Å². The van der Waals surface area contributed by atoms with E-state index in [1.54, 1.807) is 0 Å². The molecule has 2 N–H and O–H groups in total. The van der Waals surface area contributed by atoms with E-state index in [1.807, 2.05) is 0 Å². The number of nitrogens with one attached hydrogen (secondary N) is 1. The maximum Gasteiger partial charge on any atom is 0.0546 e. The number of aliphatic hydroxyl groups is 1. The second-order valence-electron chi connectivity index (χ2n) is 4.48. The van der Waals surface area contributed by atoms with Crippen LogP contribution in [0.15, 0.2) is 0 Å². The van der Waals surface area contributed by atoms with Crippen LogP contribution >= 0.6 is 11.8 Å². The van der Waals surface area contributed by atoms with Gasteiger partial charge < -0.3 is 10.4 Å². The Morgan fingerprint density at radius 1 is 1.38 bits per heavy atom. The molecule has 1 aliphatic heterocycles. The molecule has 2 fully saturated rings. The van der Waals surface area contributed by atoms with Crippen LogP contribution in [0.5, 0.6) is 0 Å². The predicted octanol–water partition coefficient (Wildman–Crippen LogP) is 1.24. The van der Waals surface area contributed by atoms with Crippen molar-refractivity contribution in [3.8, 4) is 0 Å². The maximum absolute atomic E-state index is 9.12. The molecule has 0 aromatic carbocycles. The van der Waals surface area contributed by atoms with Crippen LogP contribution in [0.3, 0.4) is 0 Å². The lowest BCUT2D eigenvalue weighted by molar-refractivity contribution is 0.0421. The molecule has 1 aliphatic carbocycles. The predicted molar refractivity (Wildman–Crippen MR) is 57.1 cm³/mol. The lowest BCUT2D eigenvalue weighted by atomic mass is 9.82. The van der Waals surface area contributed by atoms with Crippen molar-refractivity contribution in [2.45, 2.75) is 43.6 Å². The summed E-state index contributed by atoms with van der Waals surface area (Å²) in [5, 5.41) is 13.6. The Balaban J connectivity index is 1.58. The van der Waals surface area contributed by atoms with Crippen LogP contribution in [-0.4, -0.2) is 34.8 Å². The molecule has 2 unspecified atom stereocenters. The Kier molecular flexibility index (Phi) is 3.17. The van der Waals surface area contributed by atoms with E-state index in [4.69, 9.17) is 5.11 Å². The highest BCUT2D eigenvalue weighted by Crippen LogP contribution is 2.29. The fourth-order valence-corrected chi connectivity index (χ4v) is 3.34. The van der Waals surface area contributed by atoms with Crippen molar-refractivity contribution in [3.05, 3.63) is 0 Å². The first-order valence-electron chi connectivity index (χ1n) is 5.27. The number of rotatable bonds is 3. The van der Waals surface area contributed by atoms with Crippen LogP contribution in [0.1, 0.15) is 26.2 Å². The van der Waals surface area contributed by atoms with Crippen LogP contribution in [0.25, 0.3) is 0 Å². The van der Waals surface area contributed by atoms with E-state index in [0.717, 1.165) is 36.6 Å². The summed E-state index contributed by atoms with van der Waals surface area (Å²) in [4.78, 5) is 0. The molecule has 0 radical (unpaired) electrons. The highest BCUT2D eigenvalue weighted by Gasteiger charge is 2.28. The van der Waals surface area contributed by atoms with Gasteiger partial charge in [-0.05, 0) is 31.7 Å². The Morgan fingerprint density at radius 2 is 2.15 bits per heavy atom. The second-order valence-corrected chi connectivity index (χ2v) is 5.95. The number of hydrogen-bond donors (Lipinski definition) is 2. The van der Waals surface area contributed by atoms with Gasteiger partial charge >= 0.3 is 0 Å². The Labute approximate surface area is 84.5 Å². The number of aliphatic hydroxyl groups excluding tert-OH is 1. The van der Waals surface area contributed by atoms with Gasteiger partial charge in [0, 0.05) is 17.0 Å². The van der Waals surface area contributed by atoms with Gasteiger partial charge in [-0.3, -0.25) is 0 Å². The molecule has 2 atom stereocenters. The van der Waals surface area contributed by atoms with E-state index in [0.29, 0.717) is 0 Å². The highest BCUT2D eigenvalue weighted by molar-refractivity contribution is 8.00. The van der Waals surface area contributed by atoms with Gasteiger partial charge in [0.05, 0.1) is 6.10 Å². The van der Waals surface area contributed by atoms with Crippen molar-refractivity contribution < 1.29 is 5.11 Å². The zero-order valence-electron chi connectivity index (χ0n) is 8.20. The minimum Gasteiger partial charge on any atom is -0.393 e. The molecular formula is C10H19NOS. The van der Waals surface area contributed by atoms with Gasteiger partial charge in [0.2, 0.25) is 0 Å². The zero-order chi connectivity index (χ0) is 9.26. The van der Waals surface area contributed by atoms with Crippen molar-refractivity contribution in [1.82, 2.24) is 5.32 Å². The molecule has 0 aromatic heterocycles. The summed E-state index contributed by atoms with van der Waals surface area (Å²) in [6, 6.07) is 0.734. The molecular weight excluding hydrogens is 182 g/mol. The molecule has 1 saturated heterocycles. The summed E-state index contributed by atoms with van der Waals surface area (Å²) in [6.07, 6.45) is 3.36. The van der Waals surface area contributed by atoms with Crippen molar-refractivity contribution in [3.63, 3.8) is 0 Å². The fraction of sp³-hybridized carbons (Fsp3) is 1.00. The summed E-state index contributed by atoms with van der Waals surface area (Å²) in [7, 11) is 0. The standard InChI is InChI=1S/C10H19NOS/c1-7-2-9(6-13-7)11-5-8-3-10(12)4-8/h7-12H,2-6H2,1H3. The summed E-state index contributed by atoms with van der Waals surface area (Å²) in [5.41, 5.74) is 0. The third-order valence-electron chi connectivity index (χ3n) is 3.10. The molecule has 2 nitrogen and oxygen atoms in total. The summed E-state index contributed by atoms with van der Waals surface area (Å²) in [5.74, 6) is 2.02. The monoisotopic (exact) mass is 201 g/mol. The van der Waals surface area contributed by atoms with E-state index in [1.165, 1.54) is 12.2 Å². The molecule has 13 heavy (non-hydrogen) atoms. The van der Waals surface area contributed by atoms with E-state index in [9.17, 15) is 0 Å². The van der Waals surface area contributed by atoms with Crippen LogP contribution < -0.4 is 5.32 Å². The van der Waals surface area contributed by atoms with Gasteiger partial charge in [-0.1, -0.05) is 6.92 Å². The van der Waals surface area contributed by atoms with Crippen molar-refractivity contribution in [2.75, 3.05) is 12.3 Å². The molecule has 0 amide bonds. The largest absolute Gasteiger partial charge is 0.393 e. The van der Waals surface area contributed by atoms with Crippen molar-refractivity contribution in [1.29, 1.82) is 0 Å². The number of thioether (sulfide) groups is 1. The average molecular weight is 201 g/mol. The van der Waals surface area contributed by atoms with Gasteiger partial charge in [0.15, 0.2) is 0 Å². The van der Waals surface area contributed by atoms with Gasteiger partial charge in [-0.25, -0.2) is 0 Å². The fourth-order valence-electron chi connectivity index (χ4n) is 2.16.